The van der Waals surface area contributed by atoms with E-state index in [-0.39, 0.29) is 5.95 Å². The average molecular weight is 331 g/mol. The Morgan fingerprint density at radius 2 is 2.35 bits per heavy atom. The molecule has 4 heterocycles. The number of rotatable bonds is 4. The number of anilines is 2. The predicted molar refractivity (Wildman–Crippen MR) is 87.5 cm³/mol. The third-order valence-electron chi connectivity index (χ3n) is 3.76. The highest BCUT2D eigenvalue weighted by atomic mass is 32.1. The minimum atomic E-state index is 0.278. The normalized spacial score (nSPS) is 17.9. The van der Waals surface area contributed by atoms with Crippen molar-refractivity contribution in [1.82, 2.24) is 24.6 Å². The summed E-state index contributed by atoms with van der Waals surface area (Å²) in [5.74, 6) is 1.28. The highest BCUT2D eigenvalue weighted by molar-refractivity contribution is 7.16. The fourth-order valence-corrected chi connectivity index (χ4v) is 3.41. The molecule has 0 bridgehead atoms. The van der Waals surface area contributed by atoms with Crippen LogP contribution in [0.25, 0.3) is 4.96 Å². The number of aromatic nitrogens is 5. The Bertz CT molecular complexity index is 805. The van der Waals surface area contributed by atoms with E-state index in [2.05, 4.69) is 25.4 Å². The van der Waals surface area contributed by atoms with Gasteiger partial charge in [0.1, 0.15) is 10.8 Å². The summed E-state index contributed by atoms with van der Waals surface area (Å²) >= 11 is 1.57. The summed E-state index contributed by atoms with van der Waals surface area (Å²) in [4.78, 5) is 14.0. The molecule has 1 aliphatic heterocycles. The quantitative estimate of drug-likeness (QED) is 0.748. The predicted octanol–water partition coefficient (Wildman–Crippen LogP) is 1.59. The molecule has 1 saturated heterocycles. The van der Waals surface area contributed by atoms with Gasteiger partial charge in [0, 0.05) is 18.6 Å². The van der Waals surface area contributed by atoms with Gasteiger partial charge in [0.05, 0.1) is 30.7 Å². The van der Waals surface area contributed by atoms with Crippen LogP contribution in [-0.2, 0) is 11.3 Å². The molecule has 3 aromatic rings. The first-order valence-electron chi connectivity index (χ1n) is 7.45. The second-order valence-electron chi connectivity index (χ2n) is 5.53. The Hall–Kier alpha value is -2.26. The first kappa shape index (κ1) is 14.3. The number of ether oxygens (including phenoxy) is 1. The zero-order chi connectivity index (χ0) is 15.8. The number of aryl methyl sites for hydroxylation is 1. The van der Waals surface area contributed by atoms with E-state index in [1.165, 1.54) is 0 Å². The van der Waals surface area contributed by atoms with Crippen molar-refractivity contribution in [2.75, 3.05) is 24.3 Å². The zero-order valence-electron chi connectivity index (χ0n) is 12.7. The van der Waals surface area contributed by atoms with Crippen molar-refractivity contribution < 1.29 is 4.74 Å². The monoisotopic (exact) mass is 331 g/mol. The van der Waals surface area contributed by atoms with Gasteiger partial charge in [-0.15, -0.1) is 0 Å². The van der Waals surface area contributed by atoms with Crippen molar-refractivity contribution in [3.05, 3.63) is 28.7 Å². The van der Waals surface area contributed by atoms with Gasteiger partial charge in [-0.25, -0.2) is 14.5 Å². The van der Waals surface area contributed by atoms with Crippen LogP contribution in [0.15, 0.2) is 12.3 Å². The molecule has 3 N–H and O–H groups in total. The molecule has 0 aliphatic carbocycles. The Morgan fingerprint density at radius 3 is 3.13 bits per heavy atom. The Morgan fingerprint density at radius 1 is 1.43 bits per heavy atom. The van der Waals surface area contributed by atoms with E-state index in [4.69, 9.17) is 10.5 Å². The average Bonchev–Trinajstić information content (AvgIpc) is 3.20. The van der Waals surface area contributed by atoms with Gasteiger partial charge in [0.25, 0.3) is 0 Å². The zero-order valence-corrected chi connectivity index (χ0v) is 13.5. The van der Waals surface area contributed by atoms with Crippen LogP contribution in [0.4, 0.5) is 11.8 Å². The van der Waals surface area contributed by atoms with Gasteiger partial charge in [-0.1, -0.05) is 11.3 Å². The molecule has 8 nitrogen and oxygen atoms in total. The molecule has 0 radical (unpaired) electrons. The molecule has 0 unspecified atom stereocenters. The molecular formula is C14H17N7OS. The highest BCUT2D eigenvalue weighted by Crippen LogP contribution is 2.25. The van der Waals surface area contributed by atoms with Gasteiger partial charge in [0.2, 0.25) is 10.9 Å². The van der Waals surface area contributed by atoms with Crippen molar-refractivity contribution in [1.29, 1.82) is 0 Å². The van der Waals surface area contributed by atoms with E-state index < -0.39 is 0 Å². The van der Waals surface area contributed by atoms with Gasteiger partial charge in [-0.2, -0.15) is 10.1 Å². The lowest BCUT2D eigenvalue weighted by molar-refractivity contribution is 0.193. The molecule has 0 aromatic carbocycles. The van der Waals surface area contributed by atoms with Crippen LogP contribution in [0.2, 0.25) is 0 Å². The van der Waals surface area contributed by atoms with Gasteiger partial charge in [-0.05, 0) is 13.3 Å². The first-order chi connectivity index (χ1) is 11.2. The van der Waals surface area contributed by atoms with Crippen LogP contribution < -0.4 is 11.1 Å². The number of fused-ring (bicyclic) bond motifs is 1. The summed E-state index contributed by atoms with van der Waals surface area (Å²) in [6, 6.07) is 1.94. The smallest absolute Gasteiger partial charge is 0.222 e. The van der Waals surface area contributed by atoms with Gasteiger partial charge in [-0.3, -0.25) is 0 Å². The van der Waals surface area contributed by atoms with Gasteiger partial charge < -0.3 is 15.8 Å². The third kappa shape index (κ3) is 2.97. The van der Waals surface area contributed by atoms with Crippen molar-refractivity contribution in [2.45, 2.75) is 25.8 Å². The third-order valence-corrected chi connectivity index (χ3v) is 4.59. The van der Waals surface area contributed by atoms with Crippen LogP contribution >= 0.6 is 11.3 Å². The van der Waals surface area contributed by atoms with Crippen LogP contribution in [0.5, 0.6) is 0 Å². The Labute approximate surface area is 136 Å². The van der Waals surface area contributed by atoms with E-state index in [9.17, 15) is 0 Å². The second-order valence-corrected chi connectivity index (χ2v) is 6.69. The minimum Gasteiger partial charge on any atom is -0.381 e. The van der Waals surface area contributed by atoms with E-state index in [0.717, 1.165) is 34.4 Å². The Balaban J connectivity index is 1.50. The van der Waals surface area contributed by atoms with Crippen molar-refractivity contribution in [2.24, 2.45) is 0 Å². The topological polar surface area (TPSA) is 103 Å². The maximum atomic E-state index is 5.83. The molecule has 0 spiro atoms. The maximum Gasteiger partial charge on any atom is 0.222 e. The first-order valence-corrected chi connectivity index (χ1v) is 8.27. The van der Waals surface area contributed by atoms with E-state index in [1.807, 2.05) is 19.2 Å². The van der Waals surface area contributed by atoms with Crippen molar-refractivity contribution in [3.8, 4) is 0 Å². The number of nitrogens with one attached hydrogen (secondary N) is 1. The molecule has 120 valence electrons. The molecule has 1 aliphatic rings. The van der Waals surface area contributed by atoms with E-state index >= 15 is 0 Å². The Kier molecular flexibility index (Phi) is 3.58. The lowest BCUT2D eigenvalue weighted by Crippen LogP contribution is -2.09. The fraction of sp³-hybridized carbons (Fsp3) is 0.429. The number of hydrogen-bond acceptors (Lipinski definition) is 8. The molecule has 23 heavy (non-hydrogen) atoms. The summed E-state index contributed by atoms with van der Waals surface area (Å²) < 4.78 is 7.21. The van der Waals surface area contributed by atoms with E-state index in [1.54, 1.807) is 15.9 Å². The molecular weight excluding hydrogens is 314 g/mol. The van der Waals surface area contributed by atoms with Crippen LogP contribution in [-0.4, -0.2) is 37.8 Å². The molecule has 0 saturated carbocycles. The van der Waals surface area contributed by atoms with Crippen LogP contribution in [0, 0.1) is 6.92 Å². The number of hydrogen-bond donors (Lipinski definition) is 2. The molecule has 4 rings (SSSR count). The minimum absolute atomic E-state index is 0.278. The fourth-order valence-electron chi connectivity index (χ4n) is 2.66. The van der Waals surface area contributed by atoms with Gasteiger partial charge >= 0.3 is 0 Å². The van der Waals surface area contributed by atoms with Crippen molar-refractivity contribution >= 4 is 28.1 Å². The van der Waals surface area contributed by atoms with Crippen LogP contribution in [0.3, 0.4) is 0 Å². The number of imidazole rings is 1. The summed E-state index contributed by atoms with van der Waals surface area (Å²) in [6.45, 7) is 3.99. The molecule has 3 aromatic heterocycles. The van der Waals surface area contributed by atoms with E-state index in [0.29, 0.717) is 24.9 Å². The SMILES string of the molecule is Cc1nn2cc(CNc3cc([C@H]4CCOC4)nc(N)n3)nc2s1. The molecule has 0 amide bonds. The summed E-state index contributed by atoms with van der Waals surface area (Å²) in [6.07, 6.45) is 2.89. The molecule has 1 atom stereocenters. The number of nitrogens with two attached hydrogens (primary N) is 1. The lowest BCUT2D eigenvalue weighted by atomic mass is 10.0. The van der Waals surface area contributed by atoms with Crippen molar-refractivity contribution in [3.63, 3.8) is 0 Å². The van der Waals surface area contributed by atoms with Gasteiger partial charge in [0.15, 0.2) is 0 Å². The molecule has 1 fully saturated rings. The number of nitrogens with zero attached hydrogens (tertiary/aromatic N) is 5. The maximum absolute atomic E-state index is 5.83. The lowest BCUT2D eigenvalue weighted by Gasteiger charge is -2.10. The summed E-state index contributed by atoms with van der Waals surface area (Å²) in [7, 11) is 0. The molecule has 9 heteroatoms. The standard InChI is InChI=1S/C14H17N7OS/c1-8-20-21-6-10(17-14(21)23-8)5-16-12-4-11(18-13(15)19-12)9-2-3-22-7-9/h4,6,9H,2-3,5,7H2,1H3,(H3,15,16,18,19)/t9-/m0/s1. The second kappa shape index (κ2) is 5.74. The van der Waals surface area contributed by atoms with Crippen LogP contribution in [0.1, 0.15) is 28.7 Å². The summed E-state index contributed by atoms with van der Waals surface area (Å²) in [5.41, 5.74) is 7.67. The summed E-state index contributed by atoms with van der Waals surface area (Å²) in [5, 5.41) is 8.61. The largest absolute Gasteiger partial charge is 0.381 e. The highest BCUT2D eigenvalue weighted by Gasteiger charge is 2.20. The number of nitrogen functional groups attached to an aromatic ring is 1.